The maximum Gasteiger partial charge on any atom is 0.258 e. The van der Waals surface area contributed by atoms with Gasteiger partial charge in [-0.25, -0.2) is 4.98 Å². The third kappa shape index (κ3) is 6.72. The predicted octanol–water partition coefficient (Wildman–Crippen LogP) is 1.83. The van der Waals surface area contributed by atoms with Gasteiger partial charge in [0, 0.05) is 51.1 Å². The number of nitrogens with zero attached hydrogens (tertiary/aromatic N) is 2. The molecule has 0 unspecified atom stereocenters. The van der Waals surface area contributed by atoms with Gasteiger partial charge >= 0.3 is 0 Å². The van der Waals surface area contributed by atoms with E-state index in [1.165, 1.54) is 0 Å². The summed E-state index contributed by atoms with van der Waals surface area (Å²) in [5, 5.41) is 6.34. The van der Waals surface area contributed by atoms with E-state index in [9.17, 15) is 14.4 Å². The number of hydrogen-bond donors (Lipinski definition) is 3. The number of hydrogen-bond acceptors (Lipinski definition) is 6. The van der Waals surface area contributed by atoms with Gasteiger partial charge in [-0.1, -0.05) is 24.3 Å². The third-order valence-corrected chi connectivity index (χ3v) is 5.71. The Hall–Kier alpha value is -3.56. The zero-order valence-electron chi connectivity index (χ0n) is 19.0. The second-order valence-electron chi connectivity index (χ2n) is 8.26. The van der Waals surface area contributed by atoms with Crippen molar-refractivity contribution in [2.45, 2.75) is 25.8 Å². The van der Waals surface area contributed by atoms with Crippen molar-refractivity contribution in [3.63, 3.8) is 0 Å². The number of amides is 2. The van der Waals surface area contributed by atoms with Gasteiger partial charge in [-0.2, -0.15) is 0 Å². The van der Waals surface area contributed by atoms with Crippen molar-refractivity contribution < 1.29 is 14.3 Å². The zero-order chi connectivity index (χ0) is 23.8. The minimum atomic E-state index is -0.204. The molecule has 2 aromatic carbocycles. The van der Waals surface area contributed by atoms with Gasteiger partial charge in [0.05, 0.1) is 24.1 Å². The van der Waals surface area contributed by atoms with Crippen molar-refractivity contribution in [2.75, 3.05) is 38.2 Å². The summed E-state index contributed by atoms with van der Waals surface area (Å²) in [6, 6.07) is 14.6. The Labute approximate surface area is 197 Å². The normalized spacial score (nSPS) is 14.1. The number of ether oxygens (including phenoxy) is 1. The lowest BCUT2D eigenvalue weighted by molar-refractivity contribution is -0.121. The molecule has 1 fully saturated rings. The highest BCUT2D eigenvalue weighted by Crippen LogP contribution is 2.12. The lowest BCUT2D eigenvalue weighted by Crippen LogP contribution is -2.38. The number of fused-ring (bicyclic) bond motifs is 1. The lowest BCUT2D eigenvalue weighted by Gasteiger charge is -2.26. The van der Waals surface area contributed by atoms with Gasteiger partial charge in [0.15, 0.2) is 0 Å². The van der Waals surface area contributed by atoms with E-state index < -0.39 is 0 Å². The van der Waals surface area contributed by atoms with Crippen LogP contribution in [0.4, 0.5) is 5.69 Å². The van der Waals surface area contributed by atoms with Gasteiger partial charge < -0.3 is 20.4 Å². The fourth-order valence-electron chi connectivity index (χ4n) is 3.84. The summed E-state index contributed by atoms with van der Waals surface area (Å²) in [6.45, 7) is 4.20. The standard InChI is InChI=1S/C25H29N5O4/c31-23(9-8-22-28-21-7-2-1-6-20(21)25(33)29-22)26-17-18-4-3-5-19(16-18)27-24(32)10-11-30-12-14-34-15-13-30/h1-7,16H,8-15,17H2,(H,26,31)(H,27,32)(H,28,29,33). The number of aryl methyl sites for hydroxylation is 1. The monoisotopic (exact) mass is 463 g/mol. The molecule has 1 saturated heterocycles. The van der Waals surface area contributed by atoms with Crippen molar-refractivity contribution in [3.05, 3.63) is 70.3 Å². The van der Waals surface area contributed by atoms with Crippen molar-refractivity contribution >= 4 is 28.4 Å². The Bertz CT molecular complexity index is 1200. The molecule has 3 N–H and O–H groups in total. The number of H-pyrrole nitrogens is 1. The van der Waals surface area contributed by atoms with E-state index in [0.717, 1.165) is 18.7 Å². The first-order valence-corrected chi connectivity index (χ1v) is 11.5. The average Bonchev–Trinajstić information content (AvgIpc) is 2.86. The van der Waals surface area contributed by atoms with Crippen LogP contribution in [-0.2, 0) is 27.3 Å². The minimum absolute atomic E-state index is 0.0374. The molecule has 4 rings (SSSR count). The Kier molecular flexibility index (Phi) is 8.00. The second kappa shape index (κ2) is 11.5. The van der Waals surface area contributed by atoms with Crippen LogP contribution in [0.5, 0.6) is 0 Å². The summed E-state index contributed by atoms with van der Waals surface area (Å²) < 4.78 is 5.32. The maximum atomic E-state index is 12.3. The molecule has 9 heteroatoms. The van der Waals surface area contributed by atoms with E-state index in [1.54, 1.807) is 18.2 Å². The Balaban J connectivity index is 1.22. The number of para-hydroxylation sites is 1. The molecular weight excluding hydrogens is 434 g/mol. The summed E-state index contributed by atoms with van der Waals surface area (Å²) in [5.74, 6) is 0.306. The molecule has 1 aliphatic rings. The van der Waals surface area contributed by atoms with Gasteiger partial charge in [0.2, 0.25) is 11.8 Å². The minimum Gasteiger partial charge on any atom is -0.379 e. The zero-order valence-corrected chi connectivity index (χ0v) is 19.0. The molecule has 3 aromatic rings. The summed E-state index contributed by atoms with van der Waals surface area (Å²) in [7, 11) is 0. The van der Waals surface area contributed by atoms with Gasteiger partial charge in [-0.15, -0.1) is 0 Å². The first-order chi connectivity index (χ1) is 16.6. The van der Waals surface area contributed by atoms with E-state index in [4.69, 9.17) is 4.74 Å². The highest BCUT2D eigenvalue weighted by Gasteiger charge is 2.12. The quantitative estimate of drug-likeness (QED) is 0.446. The summed E-state index contributed by atoms with van der Waals surface area (Å²) >= 11 is 0. The first kappa shape index (κ1) is 23.6. The van der Waals surface area contributed by atoms with Crippen LogP contribution in [0.2, 0.25) is 0 Å². The topological polar surface area (TPSA) is 116 Å². The third-order valence-electron chi connectivity index (χ3n) is 5.71. The number of aromatic amines is 1. The van der Waals surface area contributed by atoms with E-state index in [-0.39, 0.29) is 23.8 Å². The molecule has 1 aliphatic heterocycles. The molecule has 0 aliphatic carbocycles. The van der Waals surface area contributed by atoms with Crippen LogP contribution in [0.1, 0.15) is 24.2 Å². The molecule has 9 nitrogen and oxygen atoms in total. The van der Waals surface area contributed by atoms with Gasteiger partial charge in [-0.05, 0) is 29.8 Å². The van der Waals surface area contributed by atoms with E-state index in [2.05, 4.69) is 25.5 Å². The molecule has 0 saturated carbocycles. The number of anilines is 1. The number of nitrogens with one attached hydrogen (secondary N) is 3. The lowest BCUT2D eigenvalue weighted by atomic mass is 10.2. The number of carbonyl (C=O) groups is 2. The molecule has 1 aromatic heterocycles. The summed E-state index contributed by atoms with van der Waals surface area (Å²) in [4.78, 5) is 46.1. The number of morpholine rings is 1. The second-order valence-corrected chi connectivity index (χ2v) is 8.26. The maximum absolute atomic E-state index is 12.3. The van der Waals surface area contributed by atoms with Gasteiger partial charge in [0.1, 0.15) is 5.82 Å². The summed E-state index contributed by atoms with van der Waals surface area (Å²) in [5.41, 5.74) is 2.00. The number of carbonyl (C=O) groups excluding carboxylic acids is 2. The van der Waals surface area contributed by atoms with Crippen LogP contribution in [0, 0.1) is 0 Å². The Morgan fingerprint density at radius 2 is 1.85 bits per heavy atom. The molecule has 2 heterocycles. The molecule has 0 radical (unpaired) electrons. The molecule has 0 bridgehead atoms. The van der Waals surface area contributed by atoms with Crippen molar-refractivity contribution in [2.24, 2.45) is 0 Å². The molecule has 34 heavy (non-hydrogen) atoms. The number of aromatic nitrogens is 2. The molecule has 178 valence electrons. The highest BCUT2D eigenvalue weighted by molar-refractivity contribution is 5.90. The molecule has 0 atom stereocenters. The van der Waals surface area contributed by atoms with Crippen LogP contribution in [0.3, 0.4) is 0 Å². The van der Waals surface area contributed by atoms with Crippen LogP contribution in [0.15, 0.2) is 53.3 Å². The fourth-order valence-corrected chi connectivity index (χ4v) is 3.84. The van der Waals surface area contributed by atoms with Crippen LogP contribution in [-0.4, -0.2) is 59.5 Å². The van der Waals surface area contributed by atoms with Crippen molar-refractivity contribution in [1.29, 1.82) is 0 Å². The molecular formula is C25H29N5O4. The first-order valence-electron chi connectivity index (χ1n) is 11.5. The number of benzene rings is 2. The Morgan fingerprint density at radius 3 is 2.71 bits per heavy atom. The van der Waals surface area contributed by atoms with Crippen LogP contribution < -0.4 is 16.2 Å². The van der Waals surface area contributed by atoms with E-state index in [0.29, 0.717) is 61.6 Å². The highest BCUT2D eigenvalue weighted by atomic mass is 16.5. The average molecular weight is 464 g/mol. The Morgan fingerprint density at radius 1 is 1.03 bits per heavy atom. The smallest absolute Gasteiger partial charge is 0.258 e. The van der Waals surface area contributed by atoms with Crippen molar-refractivity contribution in [3.8, 4) is 0 Å². The van der Waals surface area contributed by atoms with Crippen molar-refractivity contribution in [1.82, 2.24) is 20.2 Å². The van der Waals surface area contributed by atoms with Crippen LogP contribution in [0.25, 0.3) is 10.9 Å². The van der Waals surface area contributed by atoms with Gasteiger partial charge in [0.25, 0.3) is 5.56 Å². The number of rotatable bonds is 9. The van der Waals surface area contributed by atoms with E-state index in [1.807, 2.05) is 30.3 Å². The van der Waals surface area contributed by atoms with Gasteiger partial charge in [-0.3, -0.25) is 19.3 Å². The summed E-state index contributed by atoms with van der Waals surface area (Å²) in [6.07, 6.45) is 0.969. The van der Waals surface area contributed by atoms with E-state index >= 15 is 0 Å². The van der Waals surface area contributed by atoms with Crippen LogP contribution >= 0.6 is 0 Å². The predicted molar refractivity (Wildman–Crippen MR) is 129 cm³/mol. The SMILES string of the molecule is O=C(CCc1nc2ccccc2c(=O)[nH]1)NCc1cccc(NC(=O)CCN2CCOCC2)c1. The molecule has 2 amide bonds. The largest absolute Gasteiger partial charge is 0.379 e. The fraction of sp³-hybridized carbons (Fsp3) is 0.360. The molecule has 0 spiro atoms.